The fourth-order valence-electron chi connectivity index (χ4n) is 6.53. The van der Waals surface area contributed by atoms with Gasteiger partial charge in [0.2, 0.25) is 35.4 Å². The lowest BCUT2D eigenvalue weighted by Gasteiger charge is -2.31. The molecule has 1 aliphatic rings. The molecule has 1 aliphatic heterocycles. The van der Waals surface area contributed by atoms with E-state index in [-0.39, 0.29) is 44.1 Å². The van der Waals surface area contributed by atoms with Crippen molar-refractivity contribution in [1.29, 1.82) is 0 Å². The highest BCUT2D eigenvalue weighted by Crippen LogP contribution is 2.22. The van der Waals surface area contributed by atoms with Crippen molar-refractivity contribution >= 4 is 59.1 Å². The molecule has 1 saturated heterocycles. The Labute approximate surface area is 345 Å². The van der Waals surface area contributed by atoms with Crippen molar-refractivity contribution in [3.05, 3.63) is 35.9 Å². The fraction of sp³-hybridized carbons (Fsp3) is 0.650. The molecule has 17 nitrogen and oxygen atoms in total. The summed E-state index contributed by atoms with van der Waals surface area (Å²) in [6, 6.07) is 1.03. The van der Waals surface area contributed by atoms with Crippen molar-refractivity contribution in [2.24, 2.45) is 17.6 Å². The highest BCUT2D eigenvalue weighted by atomic mass is 32.2. The van der Waals surface area contributed by atoms with Crippen molar-refractivity contribution in [3.8, 4) is 0 Å². The molecule has 1 fully saturated rings. The number of amides is 6. The summed E-state index contributed by atoms with van der Waals surface area (Å²) < 4.78 is 0. The van der Waals surface area contributed by atoms with E-state index < -0.39 is 96.1 Å². The van der Waals surface area contributed by atoms with Gasteiger partial charge in [-0.05, 0) is 67.9 Å². The molecule has 0 saturated carbocycles. The fourth-order valence-corrected chi connectivity index (χ4v) is 7.02. The van der Waals surface area contributed by atoms with E-state index in [1.54, 1.807) is 38.1 Å². The first kappa shape index (κ1) is 49.4. The summed E-state index contributed by atoms with van der Waals surface area (Å²) in [6.07, 6.45) is 2.94. The van der Waals surface area contributed by atoms with E-state index in [1.165, 1.54) is 16.7 Å². The molecule has 8 atom stereocenters. The first-order chi connectivity index (χ1) is 27.4. The molecule has 0 bridgehead atoms. The van der Waals surface area contributed by atoms with Crippen molar-refractivity contribution in [1.82, 2.24) is 31.5 Å². The van der Waals surface area contributed by atoms with Crippen LogP contribution in [0.2, 0.25) is 0 Å². The summed E-state index contributed by atoms with van der Waals surface area (Å²) in [6.45, 7) is 9.06. The highest BCUT2D eigenvalue weighted by molar-refractivity contribution is 7.98. The van der Waals surface area contributed by atoms with Gasteiger partial charge in [0.1, 0.15) is 36.3 Å². The Morgan fingerprint density at radius 3 is 1.91 bits per heavy atom. The maximum Gasteiger partial charge on any atom is 0.326 e. The standard InChI is InChI=1S/C40H63N7O10S/c1-7-24(5)33(39(55)47-19-12-15-31(47)40(56)57)46-35(51)27(8-2)42-36(52)28(16-17-32(48)49)43-37(53)29(21-23(3)4)45-38(54)30(22-25-13-10-9-11-14-25)44-34(50)26(41)18-20-58-6/h9-11,13-14,23-24,26-31,33H,7-8,12,15-22,41H2,1-6H3,(H,42,52)(H,43,53)(H,44,50)(H,45,54)(H,46,51)(H,48,49)(H,56,57)/t24-,26-,27-,28-,29-,30-,31+,33-/m1/s1. The zero-order valence-corrected chi connectivity index (χ0v) is 35.3. The highest BCUT2D eigenvalue weighted by Gasteiger charge is 2.40. The van der Waals surface area contributed by atoms with E-state index in [9.17, 15) is 48.6 Å². The minimum atomic E-state index is -1.45. The summed E-state index contributed by atoms with van der Waals surface area (Å²) >= 11 is 1.52. The molecule has 0 unspecified atom stereocenters. The molecule has 1 aromatic rings. The van der Waals surface area contributed by atoms with Gasteiger partial charge in [-0.1, -0.05) is 71.4 Å². The van der Waals surface area contributed by atoms with Gasteiger partial charge in [-0.3, -0.25) is 33.6 Å². The van der Waals surface area contributed by atoms with Gasteiger partial charge in [-0.2, -0.15) is 11.8 Å². The van der Waals surface area contributed by atoms with Crippen molar-refractivity contribution in [2.45, 2.75) is 135 Å². The number of carboxylic acid groups (broad SMARTS) is 2. The molecular weight excluding hydrogens is 771 g/mol. The van der Waals surface area contributed by atoms with Gasteiger partial charge in [-0.25, -0.2) is 4.79 Å². The van der Waals surface area contributed by atoms with E-state index >= 15 is 0 Å². The number of benzene rings is 1. The summed E-state index contributed by atoms with van der Waals surface area (Å²) in [5.41, 5.74) is 6.83. The van der Waals surface area contributed by atoms with Gasteiger partial charge in [0.25, 0.3) is 0 Å². The molecule has 0 radical (unpaired) electrons. The SMILES string of the molecule is CC[C@@H](C)[C@@H](NC(=O)[C@@H](CC)NC(=O)[C@@H](CCC(=O)O)NC(=O)[C@@H](CC(C)C)NC(=O)[C@@H](Cc1ccccc1)NC(=O)[C@H](N)CCSC)C(=O)N1CCC[C@H]1C(=O)O. The second-order valence-electron chi connectivity index (χ2n) is 15.2. The third-order valence-corrected chi connectivity index (χ3v) is 10.8. The molecule has 2 rings (SSSR count). The van der Waals surface area contributed by atoms with Gasteiger partial charge in [-0.15, -0.1) is 0 Å². The van der Waals surface area contributed by atoms with E-state index in [2.05, 4.69) is 26.6 Å². The average Bonchev–Trinajstić information content (AvgIpc) is 3.69. The number of rotatable bonds is 25. The minimum Gasteiger partial charge on any atom is -0.481 e. The Morgan fingerprint density at radius 1 is 0.776 bits per heavy atom. The van der Waals surface area contributed by atoms with Crippen molar-refractivity contribution in [2.75, 3.05) is 18.6 Å². The second-order valence-corrected chi connectivity index (χ2v) is 16.2. The summed E-state index contributed by atoms with van der Waals surface area (Å²) in [7, 11) is 0. The lowest BCUT2D eigenvalue weighted by molar-refractivity contribution is -0.150. The summed E-state index contributed by atoms with van der Waals surface area (Å²) in [4.78, 5) is 106. The predicted molar refractivity (Wildman–Crippen MR) is 219 cm³/mol. The lowest BCUT2D eigenvalue weighted by Crippen LogP contribution is -2.60. The average molecular weight is 834 g/mol. The van der Waals surface area contributed by atoms with Crippen LogP contribution in [0.25, 0.3) is 0 Å². The lowest BCUT2D eigenvalue weighted by atomic mass is 9.96. The van der Waals surface area contributed by atoms with E-state index in [1.807, 2.05) is 33.1 Å². The third kappa shape index (κ3) is 15.9. The number of thioether (sulfide) groups is 1. The van der Waals surface area contributed by atoms with E-state index in [0.29, 0.717) is 31.4 Å². The molecule has 9 N–H and O–H groups in total. The van der Waals surface area contributed by atoms with Crippen LogP contribution in [-0.4, -0.2) is 123 Å². The Bertz CT molecular complexity index is 1570. The molecular formula is C40H63N7O10S. The number of hydrogen-bond acceptors (Lipinski definition) is 10. The van der Waals surface area contributed by atoms with Crippen molar-refractivity contribution in [3.63, 3.8) is 0 Å². The van der Waals surface area contributed by atoms with Gasteiger partial charge in [0.15, 0.2) is 0 Å². The number of likely N-dealkylation sites (tertiary alicyclic amines) is 1. The third-order valence-electron chi connectivity index (χ3n) is 10.1. The van der Waals surface area contributed by atoms with Crippen LogP contribution in [0.15, 0.2) is 30.3 Å². The molecule has 58 heavy (non-hydrogen) atoms. The van der Waals surface area contributed by atoms with Crippen LogP contribution < -0.4 is 32.3 Å². The largest absolute Gasteiger partial charge is 0.481 e. The molecule has 18 heteroatoms. The van der Waals surface area contributed by atoms with Crippen LogP contribution in [0.3, 0.4) is 0 Å². The smallest absolute Gasteiger partial charge is 0.326 e. The van der Waals surface area contributed by atoms with Crippen LogP contribution in [0.4, 0.5) is 0 Å². The predicted octanol–water partition coefficient (Wildman–Crippen LogP) is 1.18. The Morgan fingerprint density at radius 2 is 1.34 bits per heavy atom. The maximum atomic E-state index is 13.9. The molecule has 0 aromatic heterocycles. The van der Waals surface area contributed by atoms with E-state index in [0.717, 1.165) is 5.56 Å². The quantitative estimate of drug-likeness (QED) is 0.0691. The zero-order valence-electron chi connectivity index (χ0n) is 34.5. The van der Waals surface area contributed by atoms with Crippen molar-refractivity contribution < 1.29 is 48.6 Å². The summed E-state index contributed by atoms with van der Waals surface area (Å²) in [5, 5.41) is 32.4. The van der Waals surface area contributed by atoms with Crippen LogP contribution in [0, 0.1) is 11.8 Å². The molecule has 6 amide bonds. The first-order valence-electron chi connectivity index (χ1n) is 20.0. The Balaban J connectivity index is 2.30. The summed E-state index contributed by atoms with van der Waals surface area (Å²) in [5.74, 6) is -6.36. The van der Waals surface area contributed by atoms with E-state index in [4.69, 9.17) is 5.73 Å². The van der Waals surface area contributed by atoms with Crippen LogP contribution in [0.1, 0.15) is 91.5 Å². The number of carbonyl (C=O) groups excluding carboxylic acids is 6. The number of carboxylic acids is 2. The number of hydrogen-bond donors (Lipinski definition) is 8. The van der Waals surface area contributed by atoms with Crippen LogP contribution >= 0.6 is 11.8 Å². The number of nitrogens with zero attached hydrogens (tertiary/aromatic N) is 1. The monoisotopic (exact) mass is 833 g/mol. The molecule has 324 valence electrons. The number of nitrogens with one attached hydrogen (secondary N) is 5. The Hall–Kier alpha value is -4.71. The molecule has 0 aliphatic carbocycles. The second kappa shape index (κ2) is 24.9. The minimum absolute atomic E-state index is 0.0571. The number of carbonyl (C=O) groups is 8. The molecule has 0 spiro atoms. The number of aliphatic carboxylic acids is 2. The van der Waals surface area contributed by atoms with Gasteiger partial charge >= 0.3 is 11.9 Å². The first-order valence-corrected chi connectivity index (χ1v) is 21.4. The van der Waals surface area contributed by atoms with Gasteiger partial charge < -0.3 is 47.4 Å². The van der Waals surface area contributed by atoms with Gasteiger partial charge in [0.05, 0.1) is 6.04 Å². The van der Waals surface area contributed by atoms with Crippen LogP contribution in [-0.2, 0) is 44.8 Å². The molecule has 1 aromatic carbocycles. The van der Waals surface area contributed by atoms with Crippen LogP contribution in [0.5, 0.6) is 0 Å². The number of nitrogens with two attached hydrogens (primary N) is 1. The zero-order chi connectivity index (χ0) is 43.5. The Kier molecular flexibility index (Phi) is 21.2. The molecule has 1 heterocycles. The normalized spacial score (nSPS) is 17.4. The topological polar surface area (TPSA) is 266 Å². The maximum absolute atomic E-state index is 13.9. The van der Waals surface area contributed by atoms with Gasteiger partial charge in [0, 0.05) is 19.4 Å².